The van der Waals surface area contributed by atoms with E-state index in [9.17, 15) is 0 Å². The number of rotatable bonds is 7. The first-order valence-electron chi connectivity index (χ1n) is 7.52. The van der Waals surface area contributed by atoms with Crippen LogP contribution in [0.5, 0.6) is 0 Å². The SMILES string of the molecule is CCCN(Cc1ccccc1)Cc1nc(N)nc(N(C)C)n1. The molecule has 0 aliphatic heterocycles. The highest BCUT2D eigenvalue weighted by atomic mass is 15.3. The predicted octanol–water partition coefficient (Wildman–Crippen LogP) is 1.93. The minimum atomic E-state index is 0.268. The molecule has 6 heteroatoms. The summed E-state index contributed by atoms with van der Waals surface area (Å²) in [5.41, 5.74) is 7.08. The Morgan fingerprint density at radius 1 is 1.00 bits per heavy atom. The van der Waals surface area contributed by atoms with Crippen LogP contribution < -0.4 is 10.6 Å². The number of nitrogens with zero attached hydrogens (tertiary/aromatic N) is 5. The van der Waals surface area contributed by atoms with E-state index in [1.807, 2.05) is 25.1 Å². The van der Waals surface area contributed by atoms with E-state index in [2.05, 4.69) is 51.0 Å². The van der Waals surface area contributed by atoms with Gasteiger partial charge in [-0.1, -0.05) is 37.3 Å². The largest absolute Gasteiger partial charge is 0.368 e. The lowest BCUT2D eigenvalue weighted by atomic mass is 10.2. The molecule has 1 aromatic carbocycles. The molecule has 0 atom stereocenters. The minimum Gasteiger partial charge on any atom is -0.368 e. The monoisotopic (exact) mass is 300 g/mol. The van der Waals surface area contributed by atoms with Crippen LogP contribution in [0.15, 0.2) is 30.3 Å². The third kappa shape index (κ3) is 4.66. The van der Waals surface area contributed by atoms with Gasteiger partial charge in [-0.25, -0.2) is 0 Å². The summed E-state index contributed by atoms with van der Waals surface area (Å²) in [4.78, 5) is 17.0. The van der Waals surface area contributed by atoms with Gasteiger partial charge < -0.3 is 10.6 Å². The van der Waals surface area contributed by atoms with Crippen LogP contribution >= 0.6 is 0 Å². The molecule has 0 aliphatic rings. The maximum absolute atomic E-state index is 5.79. The molecule has 0 saturated heterocycles. The Morgan fingerprint density at radius 2 is 1.73 bits per heavy atom. The number of benzene rings is 1. The zero-order valence-electron chi connectivity index (χ0n) is 13.5. The number of nitrogen functional groups attached to an aromatic ring is 1. The van der Waals surface area contributed by atoms with E-state index in [-0.39, 0.29) is 5.95 Å². The van der Waals surface area contributed by atoms with E-state index in [4.69, 9.17) is 5.73 Å². The van der Waals surface area contributed by atoms with E-state index < -0.39 is 0 Å². The van der Waals surface area contributed by atoms with Crippen LogP contribution in [0.25, 0.3) is 0 Å². The highest BCUT2D eigenvalue weighted by Crippen LogP contribution is 2.11. The Kier molecular flexibility index (Phi) is 5.66. The fourth-order valence-corrected chi connectivity index (χ4v) is 2.27. The minimum absolute atomic E-state index is 0.268. The zero-order chi connectivity index (χ0) is 15.9. The quantitative estimate of drug-likeness (QED) is 0.842. The average molecular weight is 300 g/mol. The van der Waals surface area contributed by atoms with Crippen molar-refractivity contribution in [1.29, 1.82) is 0 Å². The molecule has 0 radical (unpaired) electrons. The smallest absolute Gasteiger partial charge is 0.229 e. The van der Waals surface area contributed by atoms with E-state index in [1.165, 1.54) is 5.56 Å². The van der Waals surface area contributed by atoms with Crippen molar-refractivity contribution in [2.45, 2.75) is 26.4 Å². The van der Waals surface area contributed by atoms with E-state index in [0.29, 0.717) is 18.3 Å². The van der Waals surface area contributed by atoms with Crippen LogP contribution in [0.3, 0.4) is 0 Å². The van der Waals surface area contributed by atoms with Crippen molar-refractivity contribution in [1.82, 2.24) is 19.9 Å². The molecular weight excluding hydrogens is 276 g/mol. The summed E-state index contributed by atoms with van der Waals surface area (Å²) in [6.45, 7) is 4.69. The summed E-state index contributed by atoms with van der Waals surface area (Å²) in [5.74, 6) is 1.57. The molecule has 0 fully saturated rings. The Bertz CT molecular complexity index is 584. The highest BCUT2D eigenvalue weighted by Gasteiger charge is 2.11. The number of hydrogen-bond acceptors (Lipinski definition) is 6. The molecule has 0 amide bonds. The lowest BCUT2D eigenvalue weighted by Gasteiger charge is -2.21. The van der Waals surface area contributed by atoms with Crippen LogP contribution in [0, 0.1) is 0 Å². The van der Waals surface area contributed by atoms with Crippen LogP contribution in [0.2, 0.25) is 0 Å². The molecule has 1 aromatic heterocycles. The maximum atomic E-state index is 5.79. The highest BCUT2D eigenvalue weighted by molar-refractivity contribution is 5.32. The molecule has 0 bridgehead atoms. The molecule has 0 spiro atoms. The third-order valence-corrected chi connectivity index (χ3v) is 3.24. The number of hydrogen-bond donors (Lipinski definition) is 1. The van der Waals surface area contributed by atoms with Gasteiger partial charge in [0.15, 0.2) is 0 Å². The summed E-state index contributed by atoms with van der Waals surface area (Å²) in [6, 6.07) is 10.4. The lowest BCUT2D eigenvalue weighted by molar-refractivity contribution is 0.251. The van der Waals surface area contributed by atoms with Gasteiger partial charge in [0.1, 0.15) is 5.82 Å². The van der Waals surface area contributed by atoms with Gasteiger partial charge in [0.25, 0.3) is 0 Å². The lowest BCUT2D eigenvalue weighted by Crippen LogP contribution is -2.26. The van der Waals surface area contributed by atoms with E-state index in [0.717, 1.165) is 19.5 Å². The Morgan fingerprint density at radius 3 is 2.36 bits per heavy atom. The molecule has 2 rings (SSSR count). The summed E-state index contributed by atoms with van der Waals surface area (Å²) in [6.07, 6.45) is 1.08. The summed E-state index contributed by atoms with van der Waals surface area (Å²) >= 11 is 0. The number of anilines is 2. The fourth-order valence-electron chi connectivity index (χ4n) is 2.27. The van der Waals surface area contributed by atoms with Gasteiger partial charge in [0.05, 0.1) is 6.54 Å². The first-order chi connectivity index (χ1) is 10.6. The van der Waals surface area contributed by atoms with Gasteiger partial charge in [-0.05, 0) is 18.5 Å². The Labute approximate surface area is 132 Å². The average Bonchev–Trinajstić information content (AvgIpc) is 2.48. The van der Waals surface area contributed by atoms with E-state index in [1.54, 1.807) is 0 Å². The van der Waals surface area contributed by atoms with Gasteiger partial charge in [-0.3, -0.25) is 4.90 Å². The molecule has 0 unspecified atom stereocenters. The number of nitrogens with two attached hydrogens (primary N) is 1. The van der Waals surface area contributed by atoms with Gasteiger partial charge in [0.2, 0.25) is 11.9 Å². The van der Waals surface area contributed by atoms with E-state index >= 15 is 0 Å². The molecule has 2 N–H and O–H groups in total. The fraction of sp³-hybridized carbons (Fsp3) is 0.438. The standard InChI is InChI=1S/C16H24N6/c1-4-10-22(11-13-8-6-5-7-9-13)12-14-18-15(17)20-16(19-14)21(2)3/h5-9H,4,10-12H2,1-3H3,(H2,17,18,19,20). The first kappa shape index (κ1) is 16.2. The van der Waals surface area contributed by atoms with Crippen molar-refractivity contribution in [3.63, 3.8) is 0 Å². The summed E-state index contributed by atoms with van der Waals surface area (Å²) in [5, 5.41) is 0. The van der Waals surface area contributed by atoms with Crippen LogP contribution in [-0.4, -0.2) is 40.5 Å². The second-order valence-electron chi connectivity index (χ2n) is 5.50. The topological polar surface area (TPSA) is 71.2 Å². The van der Waals surface area contributed by atoms with Crippen molar-refractivity contribution >= 4 is 11.9 Å². The Balaban J connectivity index is 2.13. The molecule has 0 aliphatic carbocycles. The van der Waals surface area contributed by atoms with Crippen LogP contribution in [-0.2, 0) is 13.1 Å². The molecule has 118 valence electrons. The van der Waals surface area contributed by atoms with Gasteiger partial charge in [-0.2, -0.15) is 15.0 Å². The summed E-state index contributed by atoms with van der Waals surface area (Å²) < 4.78 is 0. The van der Waals surface area contributed by atoms with Crippen molar-refractivity contribution in [2.75, 3.05) is 31.3 Å². The van der Waals surface area contributed by atoms with Crippen molar-refractivity contribution in [3.05, 3.63) is 41.7 Å². The van der Waals surface area contributed by atoms with Crippen molar-refractivity contribution in [3.8, 4) is 0 Å². The van der Waals surface area contributed by atoms with Gasteiger partial charge in [0, 0.05) is 20.6 Å². The molecule has 22 heavy (non-hydrogen) atoms. The maximum Gasteiger partial charge on any atom is 0.229 e. The second-order valence-corrected chi connectivity index (χ2v) is 5.50. The molecular formula is C16H24N6. The Hall–Kier alpha value is -2.21. The third-order valence-electron chi connectivity index (χ3n) is 3.24. The molecule has 1 heterocycles. The molecule has 0 saturated carbocycles. The molecule has 6 nitrogen and oxygen atoms in total. The van der Waals surface area contributed by atoms with Crippen LogP contribution in [0.4, 0.5) is 11.9 Å². The van der Waals surface area contributed by atoms with Gasteiger partial charge >= 0.3 is 0 Å². The first-order valence-corrected chi connectivity index (χ1v) is 7.52. The number of aromatic nitrogens is 3. The van der Waals surface area contributed by atoms with Crippen molar-refractivity contribution in [2.24, 2.45) is 0 Å². The molecule has 2 aromatic rings. The summed E-state index contributed by atoms with van der Waals surface area (Å²) in [7, 11) is 3.79. The van der Waals surface area contributed by atoms with Crippen LogP contribution in [0.1, 0.15) is 24.7 Å². The second kappa shape index (κ2) is 7.70. The van der Waals surface area contributed by atoms with Gasteiger partial charge in [-0.15, -0.1) is 0 Å². The van der Waals surface area contributed by atoms with Crippen molar-refractivity contribution < 1.29 is 0 Å². The predicted molar refractivity (Wildman–Crippen MR) is 89.4 cm³/mol. The zero-order valence-corrected chi connectivity index (χ0v) is 13.5. The normalized spacial score (nSPS) is 10.9.